The first-order chi connectivity index (χ1) is 13.1. The van der Waals surface area contributed by atoms with E-state index in [0.717, 1.165) is 16.8 Å². The highest BCUT2D eigenvalue weighted by molar-refractivity contribution is 5.89. The van der Waals surface area contributed by atoms with Gasteiger partial charge >= 0.3 is 0 Å². The number of hydrogen-bond donors (Lipinski definition) is 5. The first kappa shape index (κ1) is 19.5. The van der Waals surface area contributed by atoms with Crippen LogP contribution in [0.15, 0.2) is 30.5 Å². The summed E-state index contributed by atoms with van der Waals surface area (Å²) in [6, 6.07) is 7.35. The number of aliphatic hydroxyl groups is 2. The quantitative estimate of drug-likeness (QED) is 0.397. The third-order valence-electron chi connectivity index (χ3n) is 4.55. The minimum atomic E-state index is -0.695. The summed E-state index contributed by atoms with van der Waals surface area (Å²) >= 11 is 0. The molecule has 3 atom stereocenters. The van der Waals surface area contributed by atoms with Crippen molar-refractivity contribution in [2.45, 2.75) is 25.5 Å². The van der Waals surface area contributed by atoms with Crippen LogP contribution in [0.5, 0.6) is 5.75 Å². The van der Waals surface area contributed by atoms with Gasteiger partial charge in [0.25, 0.3) is 0 Å². The molecule has 0 fully saturated rings. The highest BCUT2D eigenvalue weighted by atomic mass is 16.5. The summed E-state index contributed by atoms with van der Waals surface area (Å²) in [5, 5.41) is 41.4. The monoisotopic (exact) mass is 374 g/mol. The van der Waals surface area contributed by atoms with Crippen LogP contribution in [0.1, 0.15) is 24.6 Å². The van der Waals surface area contributed by atoms with Gasteiger partial charge < -0.3 is 30.5 Å². The number of ether oxygens (including phenoxy) is 1. The standard InChI is InChI=1S/C19H26N4O4/c1-13(6-8-24)20-10-16(25)12-27-18-4-2-3-17-19(18)14(11-23(17)26)9-15-5-7-21-22-15/h2-5,7,9,13,16,20,23-25H,6,8,10-12H2,1H3,(H,21,22). The average molecular weight is 374 g/mol. The van der Waals surface area contributed by atoms with Gasteiger partial charge in [-0.1, -0.05) is 6.07 Å². The topological polar surface area (TPSA) is 118 Å². The van der Waals surface area contributed by atoms with E-state index in [0.29, 0.717) is 30.9 Å². The number of aromatic amines is 1. The lowest BCUT2D eigenvalue weighted by Gasteiger charge is -2.18. The summed E-state index contributed by atoms with van der Waals surface area (Å²) in [6.45, 7) is 2.85. The van der Waals surface area contributed by atoms with Crippen molar-refractivity contribution in [2.24, 2.45) is 0 Å². The van der Waals surface area contributed by atoms with Crippen LogP contribution in [0.3, 0.4) is 0 Å². The van der Waals surface area contributed by atoms with Crippen molar-refractivity contribution in [3.63, 3.8) is 0 Å². The summed E-state index contributed by atoms with van der Waals surface area (Å²) in [5.74, 6) is 0.589. The Bertz CT molecular complexity index is 763. The van der Waals surface area contributed by atoms with Crippen LogP contribution in [0.2, 0.25) is 0 Å². The zero-order valence-corrected chi connectivity index (χ0v) is 15.3. The molecule has 8 heteroatoms. The van der Waals surface area contributed by atoms with E-state index in [1.165, 1.54) is 0 Å². The van der Waals surface area contributed by atoms with E-state index in [1.807, 2.05) is 25.1 Å². The van der Waals surface area contributed by atoms with Gasteiger partial charge in [-0.25, -0.2) is 0 Å². The van der Waals surface area contributed by atoms with Crippen molar-refractivity contribution in [2.75, 3.05) is 26.3 Å². The molecule has 0 radical (unpaired) electrons. The van der Waals surface area contributed by atoms with Crippen molar-refractivity contribution in [3.05, 3.63) is 46.9 Å². The van der Waals surface area contributed by atoms with Crippen LogP contribution in [0.4, 0.5) is 5.69 Å². The third-order valence-corrected chi connectivity index (χ3v) is 4.55. The van der Waals surface area contributed by atoms with Gasteiger partial charge in [-0.3, -0.25) is 5.10 Å². The molecule has 146 valence electrons. The molecule has 2 heterocycles. The second kappa shape index (κ2) is 9.12. The Morgan fingerprint density at radius 1 is 1.44 bits per heavy atom. The van der Waals surface area contributed by atoms with Crippen LogP contribution < -0.4 is 15.1 Å². The molecule has 5 N–H and O–H groups in total. The Kier molecular flexibility index (Phi) is 6.59. The van der Waals surface area contributed by atoms with Gasteiger partial charge in [-0.15, -0.1) is 0 Å². The molecule has 1 aliphatic heterocycles. The van der Waals surface area contributed by atoms with E-state index in [4.69, 9.17) is 9.84 Å². The van der Waals surface area contributed by atoms with Gasteiger partial charge in [0.15, 0.2) is 0 Å². The fraction of sp³-hybridized carbons (Fsp3) is 0.421. The number of nitrogens with one attached hydrogen (secondary N) is 3. The first-order valence-corrected chi connectivity index (χ1v) is 9.10. The number of aliphatic hydroxyl groups excluding tert-OH is 2. The molecule has 0 saturated heterocycles. The second-order valence-corrected chi connectivity index (χ2v) is 6.75. The normalized spacial score (nSPS) is 19.9. The van der Waals surface area contributed by atoms with Crippen LogP contribution in [-0.2, 0) is 0 Å². The highest BCUT2D eigenvalue weighted by Crippen LogP contribution is 2.35. The molecule has 1 aromatic heterocycles. The Hall–Kier alpha value is -2.23. The lowest BCUT2D eigenvalue weighted by atomic mass is 10.1. The molecule has 8 nitrogen and oxygen atoms in total. The van der Waals surface area contributed by atoms with Crippen LogP contribution >= 0.6 is 0 Å². The second-order valence-electron chi connectivity index (χ2n) is 6.75. The predicted octanol–water partition coefficient (Wildman–Crippen LogP) is 0.0783. The highest BCUT2D eigenvalue weighted by Gasteiger charge is 2.28. The average Bonchev–Trinajstić information content (AvgIpc) is 3.27. The van der Waals surface area contributed by atoms with Crippen LogP contribution in [-0.4, -0.2) is 58.9 Å². The summed E-state index contributed by atoms with van der Waals surface area (Å²) in [4.78, 5) is 0. The van der Waals surface area contributed by atoms with E-state index >= 15 is 0 Å². The molecule has 0 saturated carbocycles. The molecule has 0 spiro atoms. The largest absolute Gasteiger partial charge is 0.629 e. The molecular formula is C19H26N4O4. The molecule has 27 heavy (non-hydrogen) atoms. The van der Waals surface area contributed by atoms with Gasteiger partial charge in [0.1, 0.15) is 30.7 Å². The van der Waals surface area contributed by atoms with Crippen LogP contribution in [0, 0.1) is 5.21 Å². The number of quaternary nitrogens is 1. The molecule has 3 unspecified atom stereocenters. The molecular weight excluding hydrogens is 348 g/mol. The maximum atomic E-state index is 12.3. The third kappa shape index (κ3) is 4.94. The summed E-state index contributed by atoms with van der Waals surface area (Å²) in [7, 11) is 0. The minimum absolute atomic E-state index is 0.0567. The molecule has 1 aromatic carbocycles. The Morgan fingerprint density at radius 2 is 2.30 bits per heavy atom. The summed E-state index contributed by atoms with van der Waals surface area (Å²) in [5.41, 5.74) is 3.12. The van der Waals surface area contributed by atoms with E-state index in [1.54, 1.807) is 18.3 Å². The van der Waals surface area contributed by atoms with Crippen molar-refractivity contribution in [1.82, 2.24) is 15.5 Å². The number of hydroxylamine groups is 1. The number of rotatable bonds is 9. The molecule has 1 aliphatic rings. The van der Waals surface area contributed by atoms with Crippen LogP contribution in [0.25, 0.3) is 11.6 Å². The number of hydrogen-bond acceptors (Lipinski definition) is 6. The van der Waals surface area contributed by atoms with E-state index in [9.17, 15) is 10.3 Å². The number of fused-ring (bicyclic) bond motifs is 1. The molecule has 0 aliphatic carbocycles. The Morgan fingerprint density at radius 3 is 3.04 bits per heavy atom. The lowest BCUT2D eigenvalue weighted by molar-refractivity contribution is -0.762. The molecule has 3 rings (SSSR count). The van der Waals surface area contributed by atoms with Gasteiger partial charge in [0.2, 0.25) is 0 Å². The zero-order chi connectivity index (χ0) is 19.2. The van der Waals surface area contributed by atoms with Crippen molar-refractivity contribution in [1.29, 1.82) is 0 Å². The maximum Gasteiger partial charge on any atom is 0.143 e. The number of H-pyrrole nitrogens is 1. The van der Waals surface area contributed by atoms with Gasteiger partial charge in [0.05, 0.1) is 11.3 Å². The molecule has 2 aromatic rings. The Balaban J connectivity index is 1.69. The fourth-order valence-corrected chi connectivity index (χ4v) is 3.11. The maximum absolute atomic E-state index is 12.3. The van der Waals surface area contributed by atoms with Crippen molar-refractivity contribution >= 4 is 17.3 Å². The SMILES string of the molecule is CC(CCO)NCC(O)COc1cccc2c1C(=Cc1ccn[nH]1)C[NH+]2[O-]. The summed E-state index contributed by atoms with van der Waals surface area (Å²) in [6.07, 6.45) is 3.49. The number of nitrogens with zero attached hydrogens (tertiary/aromatic N) is 1. The van der Waals surface area contributed by atoms with Gasteiger partial charge in [-0.05, 0) is 31.6 Å². The summed E-state index contributed by atoms with van der Waals surface area (Å²) < 4.78 is 5.84. The lowest BCUT2D eigenvalue weighted by Crippen LogP contribution is -3.00. The fourth-order valence-electron chi connectivity index (χ4n) is 3.11. The van der Waals surface area contributed by atoms with Crippen molar-refractivity contribution in [3.8, 4) is 5.75 Å². The molecule has 0 bridgehead atoms. The van der Waals surface area contributed by atoms with Gasteiger partial charge in [-0.2, -0.15) is 5.10 Å². The van der Waals surface area contributed by atoms with Crippen molar-refractivity contribution < 1.29 is 20.0 Å². The van der Waals surface area contributed by atoms with Gasteiger partial charge in [0, 0.05) is 37.0 Å². The number of aromatic nitrogens is 2. The first-order valence-electron chi connectivity index (χ1n) is 9.10. The minimum Gasteiger partial charge on any atom is -0.629 e. The zero-order valence-electron chi connectivity index (χ0n) is 15.3. The smallest absolute Gasteiger partial charge is 0.143 e. The van der Waals surface area contributed by atoms with E-state index < -0.39 is 6.10 Å². The van der Waals surface area contributed by atoms with E-state index in [2.05, 4.69) is 15.5 Å². The predicted molar refractivity (Wildman–Crippen MR) is 102 cm³/mol. The molecule has 0 amide bonds. The van der Waals surface area contributed by atoms with E-state index in [-0.39, 0.29) is 24.3 Å². The Labute approximate surface area is 158 Å². The number of benzene rings is 1.